The van der Waals surface area contributed by atoms with Crippen LogP contribution in [0.3, 0.4) is 0 Å². The van der Waals surface area contributed by atoms with Crippen LogP contribution in [-0.4, -0.2) is 90.6 Å². The van der Waals surface area contributed by atoms with E-state index in [2.05, 4.69) is 49.7 Å². The van der Waals surface area contributed by atoms with Crippen molar-refractivity contribution in [2.45, 2.75) is 62.7 Å². The van der Waals surface area contributed by atoms with Gasteiger partial charge in [0.05, 0.1) is 47.9 Å². The zero-order valence-corrected chi connectivity index (χ0v) is 29.7. The number of halogens is 2. The first-order valence-electron chi connectivity index (χ1n) is 17.4. The van der Waals surface area contributed by atoms with Gasteiger partial charge < -0.3 is 9.97 Å². The molecule has 0 spiro atoms. The molecule has 8 rings (SSSR count). The maximum atomic E-state index is 15.5. The number of carbonyl (C=O) groups is 1. The number of H-pyrrole nitrogens is 2. The third kappa shape index (κ3) is 7.35. The second-order valence-electron chi connectivity index (χ2n) is 13.2. The zero-order chi connectivity index (χ0) is 35.4. The minimum atomic E-state index is -0.439. The molecule has 6 aromatic rings. The summed E-state index contributed by atoms with van der Waals surface area (Å²) >= 11 is 11.9. The van der Waals surface area contributed by atoms with Crippen LogP contribution >= 0.6 is 23.2 Å². The van der Waals surface area contributed by atoms with Crippen LogP contribution in [0.1, 0.15) is 60.5 Å². The number of hydrogen-bond acceptors (Lipinski definition) is 11. The van der Waals surface area contributed by atoms with Gasteiger partial charge in [-0.15, -0.1) is 0 Å². The lowest BCUT2D eigenvalue weighted by Gasteiger charge is -2.38. The molecule has 6 aromatic heterocycles. The van der Waals surface area contributed by atoms with Gasteiger partial charge in [-0.25, -0.2) is 29.9 Å². The number of likely N-dealkylation sites (tertiary alicyclic amines) is 2. The largest absolute Gasteiger partial charge is 0.341 e. The van der Waals surface area contributed by atoms with Gasteiger partial charge in [0, 0.05) is 60.7 Å². The zero-order valence-electron chi connectivity index (χ0n) is 28.2. The molecule has 0 bridgehead atoms. The first kappa shape index (κ1) is 34.2. The normalized spacial score (nSPS) is 19.2. The number of nitrogens with zero attached hydrogens (tertiary/aromatic N) is 10. The van der Waals surface area contributed by atoms with E-state index in [4.69, 9.17) is 33.2 Å². The standard InChI is InChI=1S/C37H36Cl2N12O/c38-36-44-17-25(18-45-36)27-21-42-34(48-27)29-7-3-11-50(29)31(13-23-5-1-9-40-15-23)33(52)32(14-24-6-2-10-41-16-24)51-12-4-8-30(51)35-43-22-28(49-35)26-19-46-37(39)47-20-26/h1-2,5-6,9-10,15-22,29-32H,3-4,7-8,11-14H2,(H,42,48)(H,43,49)/t29?,30?,31-,32-/m0/s1. The average molecular weight is 736 g/mol. The minimum Gasteiger partial charge on any atom is -0.341 e. The lowest BCUT2D eigenvalue weighted by atomic mass is 9.91. The Kier molecular flexibility index (Phi) is 10.1. The summed E-state index contributed by atoms with van der Waals surface area (Å²) in [6, 6.07) is 6.89. The van der Waals surface area contributed by atoms with E-state index in [0.717, 1.165) is 84.1 Å². The molecule has 2 N–H and O–H groups in total. The lowest BCUT2D eigenvalue weighted by Crippen LogP contribution is -2.53. The van der Waals surface area contributed by atoms with E-state index >= 15 is 4.79 Å². The Labute approximate surface area is 310 Å². The molecule has 8 heterocycles. The maximum Gasteiger partial charge on any atom is 0.222 e. The third-order valence-electron chi connectivity index (χ3n) is 10.0. The van der Waals surface area contributed by atoms with Crippen LogP contribution in [0.15, 0.2) is 86.2 Å². The Morgan fingerprint density at radius 3 is 1.50 bits per heavy atom. The summed E-state index contributed by atoms with van der Waals surface area (Å²) < 4.78 is 0. The molecule has 2 aliphatic heterocycles. The van der Waals surface area contributed by atoms with Gasteiger partial charge in [-0.2, -0.15) is 0 Å². The highest BCUT2D eigenvalue weighted by atomic mass is 35.5. The Morgan fingerprint density at radius 1 is 0.654 bits per heavy atom. The van der Waals surface area contributed by atoms with Gasteiger partial charge in [0.25, 0.3) is 0 Å². The number of rotatable bonds is 12. The van der Waals surface area contributed by atoms with Gasteiger partial charge in [0.15, 0.2) is 5.78 Å². The summed E-state index contributed by atoms with van der Waals surface area (Å²) in [5.74, 6) is 1.77. The van der Waals surface area contributed by atoms with E-state index < -0.39 is 12.1 Å². The van der Waals surface area contributed by atoms with Crippen molar-refractivity contribution in [3.05, 3.63) is 120 Å². The van der Waals surface area contributed by atoms with Crippen molar-refractivity contribution in [3.63, 3.8) is 0 Å². The van der Waals surface area contributed by atoms with Crippen molar-refractivity contribution in [1.29, 1.82) is 0 Å². The van der Waals surface area contributed by atoms with Gasteiger partial charge in [0.2, 0.25) is 10.6 Å². The summed E-state index contributed by atoms with van der Waals surface area (Å²) in [4.78, 5) is 62.1. The molecule has 2 saturated heterocycles. The molecule has 0 aliphatic carbocycles. The first-order valence-corrected chi connectivity index (χ1v) is 18.1. The van der Waals surface area contributed by atoms with Crippen molar-refractivity contribution >= 4 is 29.0 Å². The molecule has 52 heavy (non-hydrogen) atoms. The molecular formula is C37H36Cl2N12O. The van der Waals surface area contributed by atoms with Crippen molar-refractivity contribution in [2.75, 3.05) is 13.1 Å². The third-order valence-corrected chi connectivity index (χ3v) is 10.4. The number of nitrogens with one attached hydrogen (secondary N) is 2. The van der Waals surface area contributed by atoms with Gasteiger partial charge in [-0.05, 0) is 98.1 Å². The molecule has 0 amide bonds. The van der Waals surface area contributed by atoms with Gasteiger partial charge in [-0.3, -0.25) is 24.6 Å². The molecule has 15 heteroatoms. The topological polar surface area (TPSA) is 158 Å². The van der Waals surface area contributed by atoms with Gasteiger partial charge >= 0.3 is 0 Å². The van der Waals surface area contributed by atoms with E-state index in [0.29, 0.717) is 12.8 Å². The fourth-order valence-electron chi connectivity index (χ4n) is 7.59. The van der Waals surface area contributed by atoms with Crippen LogP contribution in [0.25, 0.3) is 22.5 Å². The van der Waals surface area contributed by atoms with Crippen LogP contribution < -0.4 is 0 Å². The van der Waals surface area contributed by atoms with Crippen LogP contribution in [0.5, 0.6) is 0 Å². The number of carbonyl (C=O) groups excluding carboxylic acids is 1. The first-order chi connectivity index (χ1) is 25.5. The second-order valence-corrected chi connectivity index (χ2v) is 13.9. The highest BCUT2D eigenvalue weighted by Crippen LogP contribution is 2.38. The Morgan fingerprint density at radius 2 is 1.10 bits per heavy atom. The van der Waals surface area contributed by atoms with Gasteiger partial charge in [-0.1, -0.05) is 12.1 Å². The van der Waals surface area contributed by atoms with E-state index in [1.165, 1.54) is 0 Å². The number of hydrogen-bond donors (Lipinski definition) is 2. The molecule has 13 nitrogen and oxygen atoms in total. The number of ketones is 1. The summed E-state index contributed by atoms with van der Waals surface area (Å²) in [7, 11) is 0. The Hall–Kier alpha value is -4.95. The second kappa shape index (κ2) is 15.3. The number of aromatic nitrogens is 10. The monoisotopic (exact) mass is 734 g/mol. The highest BCUT2D eigenvalue weighted by molar-refractivity contribution is 6.28. The molecule has 2 unspecified atom stereocenters. The average Bonchev–Trinajstić information content (AvgIpc) is 4.01. The molecule has 0 aromatic carbocycles. The highest BCUT2D eigenvalue weighted by Gasteiger charge is 2.44. The van der Waals surface area contributed by atoms with E-state index in [1.807, 2.05) is 36.7 Å². The fraction of sp³-hybridized carbons (Fsp3) is 0.324. The maximum absolute atomic E-state index is 15.5. The van der Waals surface area contributed by atoms with Crippen LogP contribution in [0, 0.1) is 0 Å². The smallest absolute Gasteiger partial charge is 0.222 e. The van der Waals surface area contributed by atoms with Gasteiger partial charge in [0.1, 0.15) is 11.6 Å². The minimum absolute atomic E-state index is 0.0877. The quantitative estimate of drug-likeness (QED) is 0.144. The predicted molar refractivity (Wildman–Crippen MR) is 195 cm³/mol. The number of pyridine rings is 2. The number of aromatic amines is 2. The lowest BCUT2D eigenvalue weighted by molar-refractivity contribution is -0.130. The van der Waals surface area contributed by atoms with Crippen molar-refractivity contribution < 1.29 is 4.79 Å². The van der Waals surface area contributed by atoms with Crippen LogP contribution in [0.4, 0.5) is 0 Å². The number of imidazole rings is 2. The van der Waals surface area contributed by atoms with Crippen molar-refractivity contribution in [2.24, 2.45) is 0 Å². The number of Topliss-reactive ketones (excluding diaryl/α,β-unsaturated/α-hetero) is 1. The predicted octanol–water partition coefficient (Wildman–Crippen LogP) is 5.91. The summed E-state index contributed by atoms with van der Waals surface area (Å²) in [6.07, 6.45) is 22.2. The molecule has 4 atom stereocenters. The Bertz CT molecular complexity index is 1940. The Balaban J connectivity index is 1.14. The molecule has 264 valence electrons. The molecule has 0 radical (unpaired) electrons. The molecule has 0 saturated carbocycles. The molecule has 2 aliphatic rings. The molecular weight excluding hydrogens is 699 g/mol. The summed E-state index contributed by atoms with van der Waals surface area (Å²) in [5, 5.41) is 0.374. The van der Waals surface area contributed by atoms with Crippen molar-refractivity contribution in [1.82, 2.24) is 59.6 Å². The van der Waals surface area contributed by atoms with Crippen LogP contribution in [-0.2, 0) is 17.6 Å². The summed E-state index contributed by atoms with van der Waals surface area (Å²) in [5.41, 5.74) is 5.18. The fourth-order valence-corrected chi connectivity index (χ4v) is 7.78. The van der Waals surface area contributed by atoms with Crippen molar-refractivity contribution in [3.8, 4) is 22.5 Å². The summed E-state index contributed by atoms with van der Waals surface area (Å²) in [6.45, 7) is 1.52. The van der Waals surface area contributed by atoms with Crippen LogP contribution in [0.2, 0.25) is 10.6 Å². The van der Waals surface area contributed by atoms with E-state index in [9.17, 15) is 0 Å². The molecule has 2 fully saturated rings. The van der Waals surface area contributed by atoms with E-state index in [-0.39, 0.29) is 28.4 Å². The van der Waals surface area contributed by atoms with E-state index in [1.54, 1.807) is 49.6 Å². The SMILES string of the molecule is O=C([C@H](Cc1cccnc1)N1CCCC1c1ncc(-c2cnc(Cl)nc2)[nH]1)[C@H](Cc1cccnc1)N1CCCC1c1ncc(-c2cnc(Cl)nc2)[nH]1.